The summed E-state index contributed by atoms with van der Waals surface area (Å²) in [5.41, 5.74) is 6.76. The molecule has 0 unspecified atom stereocenters. The second-order valence-electron chi connectivity index (χ2n) is 2.37. The standard InChI is InChI=1S/C8H11NO2/c9-7-3-1-6(2-4-7)8(11)5-10/h1-4,8,10-11H,5,9H2/t8-/m1/s1. The monoisotopic (exact) mass is 153 g/mol. The number of nitrogens with two attached hydrogens (primary N) is 1. The van der Waals surface area contributed by atoms with Crippen LogP contribution in [0.4, 0.5) is 5.69 Å². The lowest BCUT2D eigenvalue weighted by atomic mass is 10.1. The molecule has 1 aromatic carbocycles. The second kappa shape index (κ2) is 3.37. The van der Waals surface area contributed by atoms with Crippen LogP contribution in [-0.4, -0.2) is 16.8 Å². The Morgan fingerprint density at radius 2 is 1.82 bits per heavy atom. The van der Waals surface area contributed by atoms with Crippen molar-refractivity contribution < 1.29 is 10.2 Å². The lowest BCUT2D eigenvalue weighted by molar-refractivity contribution is 0.0956. The number of hydrogen-bond donors (Lipinski definition) is 3. The lowest BCUT2D eigenvalue weighted by Gasteiger charge is -2.06. The van der Waals surface area contributed by atoms with E-state index in [4.69, 9.17) is 15.9 Å². The molecular formula is C8H11NO2. The van der Waals surface area contributed by atoms with E-state index >= 15 is 0 Å². The molecule has 0 saturated heterocycles. The van der Waals surface area contributed by atoms with Crippen LogP contribution in [-0.2, 0) is 0 Å². The second-order valence-corrected chi connectivity index (χ2v) is 2.37. The average molecular weight is 153 g/mol. The maximum Gasteiger partial charge on any atom is 0.102 e. The largest absolute Gasteiger partial charge is 0.399 e. The Morgan fingerprint density at radius 3 is 2.27 bits per heavy atom. The van der Waals surface area contributed by atoms with Crippen molar-refractivity contribution >= 4 is 5.69 Å². The maximum absolute atomic E-state index is 9.13. The van der Waals surface area contributed by atoms with Crippen LogP contribution >= 0.6 is 0 Å². The normalized spacial score (nSPS) is 12.9. The van der Waals surface area contributed by atoms with Crippen molar-refractivity contribution in [3.63, 3.8) is 0 Å². The van der Waals surface area contributed by atoms with Gasteiger partial charge >= 0.3 is 0 Å². The molecule has 4 N–H and O–H groups in total. The summed E-state index contributed by atoms with van der Waals surface area (Å²) in [5.74, 6) is 0. The molecule has 0 radical (unpaired) electrons. The van der Waals surface area contributed by atoms with Gasteiger partial charge < -0.3 is 15.9 Å². The molecule has 0 spiro atoms. The molecule has 3 nitrogen and oxygen atoms in total. The first-order valence-electron chi connectivity index (χ1n) is 3.38. The Bertz CT molecular complexity index is 220. The third kappa shape index (κ3) is 1.93. The van der Waals surface area contributed by atoms with Crippen molar-refractivity contribution in [3.05, 3.63) is 29.8 Å². The predicted molar refractivity (Wildman–Crippen MR) is 42.9 cm³/mol. The Kier molecular flexibility index (Phi) is 2.46. The van der Waals surface area contributed by atoms with E-state index in [2.05, 4.69) is 0 Å². The van der Waals surface area contributed by atoms with Crippen molar-refractivity contribution in [1.29, 1.82) is 0 Å². The topological polar surface area (TPSA) is 66.5 Å². The summed E-state index contributed by atoms with van der Waals surface area (Å²) in [6, 6.07) is 6.76. The summed E-state index contributed by atoms with van der Waals surface area (Å²) in [6.07, 6.45) is -0.796. The number of nitrogen functional groups attached to an aromatic ring is 1. The molecular weight excluding hydrogens is 142 g/mol. The van der Waals surface area contributed by atoms with Gasteiger partial charge in [-0.25, -0.2) is 0 Å². The first kappa shape index (κ1) is 8.04. The quantitative estimate of drug-likeness (QED) is 0.535. The van der Waals surface area contributed by atoms with Crippen molar-refractivity contribution in [2.45, 2.75) is 6.10 Å². The maximum atomic E-state index is 9.13. The van der Waals surface area contributed by atoms with Crippen LogP contribution in [0.2, 0.25) is 0 Å². The number of aliphatic hydroxyl groups is 2. The number of hydrogen-bond acceptors (Lipinski definition) is 3. The van der Waals surface area contributed by atoms with Gasteiger partial charge in [-0.15, -0.1) is 0 Å². The van der Waals surface area contributed by atoms with E-state index in [1.807, 2.05) is 0 Å². The molecule has 0 amide bonds. The van der Waals surface area contributed by atoms with Gasteiger partial charge in [0.15, 0.2) is 0 Å². The fourth-order valence-corrected chi connectivity index (χ4v) is 0.824. The summed E-state index contributed by atoms with van der Waals surface area (Å²) in [5, 5.41) is 17.7. The summed E-state index contributed by atoms with van der Waals surface area (Å²) in [7, 11) is 0. The zero-order valence-electron chi connectivity index (χ0n) is 6.07. The van der Waals surface area contributed by atoms with Gasteiger partial charge in [0.25, 0.3) is 0 Å². The fourth-order valence-electron chi connectivity index (χ4n) is 0.824. The highest BCUT2D eigenvalue weighted by Crippen LogP contribution is 2.13. The average Bonchev–Trinajstić information content (AvgIpc) is 2.05. The first-order valence-corrected chi connectivity index (χ1v) is 3.38. The zero-order valence-corrected chi connectivity index (χ0v) is 6.07. The molecule has 0 heterocycles. The van der Waals surface area contributed by atoms with Crippen LogP contribution in [0, 0.1) is 0 Å². The van der Waals surface area contributed by atoms with Crippen LogP contribution in [0.15, 0.2) is 24.3 Å². The number of aliphatic hydroxyl groups excluding tert-OH is 2. The van der Waals surface area contributed by atoms with E-state index in [-0.39, 0.29) is 6.61 Å². The van der Waals surface area contributed by atoms with E-state index in [9.17, 15) is 0 Å². The minimum atomic E-state index is -0.796. The first-order chi connectivity index (χ1) is 5.24. The summed E-state index contributed by atoms with van der Waals surface area (Å²) in [4.78, 5) is 0. The van der Waals surface area contributed by atoms with Crippen LogP contribution < -0.4 is 5.73 Å². The van der Waals surface area contributed by atoms with Gasteiger partial charge in [0.2, 0.25) is 0 Å². The molecule has 0 aliphatic rings. The fraction of sp³-hybridized carbons (Fsp3) is 0.250. The van der Waals surface area contributed by atoms with Gasteiger partial charge in [0.05, 0.1) is 6.61 Å². The molecule has 1 aromatic rings. The molecule has 0 fully saturated rings. The van der Waals surface area contributed by atoms with Gasteiger partial charge in [0.1, 0.15) is 6.10 Å². The Balaban J connectivity index is 2.81. The third-order valence-electron chi connectivity index (χ3n) is 1.49. The molecule has 3 heteroatoms. The van der Waals surface area contributed by atoms with Crippen molar-refractivity contribution in [2.24, 2.45) is 0 Å². The van der Waals surface area contributed by atoms with E-state index in [0.717, 1.165) is 0 Å². The molecule has 1 atom stereocenters. The van der Waals surface area contributed by atoms with E-state index in [0.29, 0.717) is 11.3 Å². The van der Waals surface area contributed by atoms with Crippen molar-refractivity contribution in [1.82, 2.24) is 0 Å². The molecule has 60 valence electrons. The van der Waals surface area contributed by atoms with Crippen LogP contribution in [0.1, 0.15) is 11.7 Å². The Labute approximate surface area is 65.1 Å². The van der Waals surface area contributed by atoms with Crippen molar-refractivity contribution in [2.75, 3.05) is 12.3 Å². The molecule has 0 saturated carbocycles. The van der Waals surface area contributed by atoms with Gasteiger partial charge in [0, 0.05) is 5.69 Å². The highest BCUT2D eigenvalue weighted by molar-refractivity contribution is 5.39. The van der Waals surface area contributed by atoms with Crippen LogP contribution in [0.5, 0.6) is 0 Å². The smallest absolute Gasteiger partial charge is 0.102 e. The zero-order chi connectivity index (χ0) is 8.27. The minimum absolute atomic E-state index is 0.260. The molecule has 0 bridgehead atoms. The van der Waals surface area contributed by atoms with E-state index < -0.39 is 6.10 Å². The van der Waals surface area contributed by atoms with E-state index in [1.54, 1.807) is 24.3 Å². The predicted octanol–water partition coefficient (Wildman–Crippen LogP) is 0.295. The summed E-state index contributed by atoms with van der Waals surface area (Å²) >= 11 is 0. The van der Waals surface area contributed by atoms with Crippen molar-refractivity contribution in [3.8, 4) is 0 Å². The lowest BCUT2D eigenvalue weighted by Crippen LogP contribution is -2.01. The number of anilines is 1. The summed E-state index contributed by atoms with van der Waals surface area (Å²) < 4.78 is 0. The molecule has 1 rings (SSSR count). The van der Waals surface area contributed by atoms with Crippen LogP contribution in [0.3, 0.4) is 0 Å². The summed E-state index contributed by atoms with van der Waals surface area (Å²) in [6.45, 7) is -0.260. The highest BCUT2D eigenvalue weighted by atomic mass is 16.3. The third-order valence-corrected chi connectivity index (χ3v) is 1.49. The molecule has 11 heavy (non-hydrogen) atoms. The van der Waals surface area contributed by atoms with Gasteiger partial charge in [-0.3, -0.25) is 0 Å². The number of rotatable bonds is 2. The number of benzene rings is 1. The highest BCUT2D eigenvalue weighted by Gasteiger charge is 2.03. The molecule has 0 aliphatic heterocycles. The van der Waals surface area contributed by atoms with E-state index in [1.165, 1.54) is 0 Å². The molecule has 0 aliphatic carbocycles. The Hall–Kier alpha value is -1.06. The van der Waals surface area contributed by atoms with Gasteiger partial charge in [-0.2, -0.15) is 0 Å². The Morgan fingerprint density at radius 1 is 1.27 bits per heavy atom. The molecule has 0 aromatic heterocycles. The van der Waals surface area contributed by atoms with Crippen LogP contribution in [0.25, 0.3) is 0 Å². The van der Waals surface area contributed by atoms with Gasteiger partial charge in [-0.05, 0) is 17.7 Å². The SMILES string of the molecule is Nc1ccc([C@H](O)CO)cc1. The van der Waals surface area contributed by atoms with Gasteiger partial charge in [-0.1, -0.05) is 12.1 Å². The minimum Gasteiger partial charge on any atom is -0.399 e.